The Morgan fingerprint density at radius 1 is 1.89 bits per heavy atom. The summed E-state index contributed by atoms with van der Waals surface area (Å²) in [5, 5.41) is -0.218. The van der Waals surface area contributed by atoms with Crippen molar-refractivity contribution in [3.63, 3.8) is 0 Å². The molecule has 0 saturated heterocycles. The van der Waals surface area contributed by atoms with Crippen LogP contribution >= 0.6 is 12.6 Å². The second-order valence-electron chi connectivity index (χ2n) is 1.68. The average Bonchev–Trinajstić information content (AvgIpc) is 1.83. The fraction of sp³-hybridized carbons (Fsp3) is 0.800. The van der Waals surface area contributed by atoms with Crippen molar-refractivity contribution in [3.05, 3.63) is 0 Å². The highest BCUT2D eigenvalue weighted by Crippen LogP contribution is 1.98. The van der Waals surface area contributed by atoms with Gasteiger partial charge in [-0.2, -0.15) is 12.6 Å². The molecule has 0 amide bonds. The van der Waals surface area contributed by atoms with Crippen LogP contribution in [0.1, 0.15) is 12.8 Å². The molecule has 0 aliphatic rings. The number of carbonyl (C=O) groups excluding carboxylic acids is 1. The van der Waals surface area contributed by atoms with E-state index in [1.54, 1.807) is 0 Å². The SMILES string of the molecule is COC(=O)CCC(N)S. The number of rotatable bonds is 3. The Bertz CT molecular complexity index is 95.0. The summed E-state index contributed by atoms with van der Waals surface area (Å²) < 4.78 is 4.37. The summed E-state index contributed by atoms with van der Waals surface area (Å²) in [5.41, 5.74) is 5.25. The number of hydrogen-bond donors (Lipinski definition) is 2. The maximum absolute atomic E-state index is 10.4. The van der Waals surface area contributed by atoms with E-state index in [2.05, 4.69) is 17.4 Å². The van der Waals surface area contributed by atoms with Crippen LogP contribution in [0.5, 0.6) is 0 Å². The molecule has 0 aliphatic heterocycles. The zero-order valence-electron chi connectivity index (χ0n) is 5.33. The molecule has 1 atom stereocenters. The Kier molecular flexibility index (Phi) is 4.53. The first-order valence-corrected chi connectivity index (χ1v) is 3.19. The smallest absolute Gasteiger partial charge is 0.305 e. The van der Waals surface area contributed by atoms with E-state index in [-0.39, 0.29) is 11.3 Å². The van der Waals surface area contributed by atoms with Gasteiger partial charge in [0.05, 0.1) is 7.11 Å². The molecule has 2 N–H and O–H groups in total. The van der Waals surface area contributed by atoms with Gasteiger partial charge in [0.1, 0.15) is 0 Å². The van der Waals surface area contributed by atoms with Crippen LogP contribution in [-0.4, -0.2) is 18.5 Å². The third-order valence-corrected chi connectivity index (χ3v) is 1.13. The van der Waals surface area contributed by atoms with Crippen molar-refractivity contribution >= 4 is 18.6 Å². The number of carbonyl (C=O) groups is 1. The number of thiol groups is 1. The zero-order valence-corrected chi connectivity index (χ0v) is 6.23. The van der Waals surface area contributed by atoms with E-state index in [1.165, 1.54) is 7.11 Å². The van der Waals surface area contributed by atoms with Crippen LogP contribution in [-0.2, 0) is 9.53 Å². The maximum Gasteiger partial charge on any atom is 0.305 e. The molecule has 0 saturated carbocycles. The van der Waals surface area contributed by atoms with Crippen LogP contribution in [0.15, 0.2) is 0 Å². The third-order valence-electron chi connectivity index (χ3n) is 0.872. The first-order chi connectivity index (χ1) is 4.16. The second-order valence-corrected chi connectivity index (χ2v) is 2.35. The molecular formula is C5H11NO2S. The lowest BCUT2D eigenvalue weighted by Crippen LogP contribution is -2.14. The minimum Gasteiger partial charge on any atom is -0.469 e. The minimum absolute atomic E-state index is 0.218. The van der Waals surface area contributed by atoms with Crippen molar-refractivity contribution in [3.8, 4) is 0 Å². The van der Waals surface area contributed by atoms with Gasteiger partial charge in [0, 0.05) is 11.8 Å². The molecule has 54 valence electrons. The van der Waals surface area contributed by atoms with Crippen LogP contribution in [0.3, 0.4) is 0 Å². The van der Waals surface area contributed by atoms with Gasteiger partial charge < -0.3 is 10.5 Å². The van der Waals surface area contributed by atoms with E-state index < -0.39 is 0 Å². The normalized spacial score (nSPS) is 12.8. The van der Waals surface area contributed by atoms with E-state index in [9.17, 15) is 4.79 Å². The van der Waals surface area contributed by atoms with E-state index in [1.807, 2.05) is 0 Å². The largest absolute Gasteiger partial charge is 0.469 e. The second kappa shape index (κ2) is 4.64. The quantitative estimate of drug-likeness (QED) is 0.341. The highest BCUT2D eigenvalue weighted by molar-refractivity contribution is 7.80. The molecule has 1 unspecified atom stereocenters. The van der Waals surface area contributed by atoms with Crippen molar-refractivity contribution < 1.29 is 9.53 Å². The summed E-state index contributed by atoms with van der Waals surface area (Å²) in [5.74, 6) is -0.237. The van der Waals surface area contributed by atoms with Gasteiger partial charge in [-0.1, -0.05) is 0 Å². The Morgan fingerprint density at radius 2 is 2.44 bits per heavy atom. The van der Waals surface area contributed by atoms with Crippen LogP contribution in [0.25, 0.3) is 0 Å². The summed E-state index contributed by atoms with van der Waals surface area (Å²) in [6, 6.07) is 0. The van der Waals surface area contributed by atoms with Crippen LogP contribution in [0.4, 0.5) is 0 Å². The lowest BCUT2D eigenvalue weighted by atomic mass is 10.3. The van der Waals surface area contributed by atoms with Crippen LogP contribution < -0.4 is 5.73 Å². The first kappa shape index (κ1) is 8.78. The standard InChI is InChI=1S/C5H11NO2S/c1-8-5(7)3-2-4(6)9/h4,9H,2-3,6H2,1H3. The van der Waals surface area contributed by atoms with E-state index in [0.29, 0.717) is 12.8 Å². The lowest BCUT2D eigenvalue weighted by molar-refractivity contribution is -0.140. The summed E-state index contributed by atoms with van der Waals surface area (Å²) in [6.07, 6.45) is 0.914. The van der Waals surface area contributed by atoms with Gasteiger partial charge in [0.15, 0.2) is 0 Å². The monoisotopic (exact) mass is 149 g/mol. The first-order valence-electron chi connectivity index (χ1n) is 2.67. The van der Waals surface area contributed by atoms with Crippen molar-refractivity contribution in [2.45, 2.75) is 18.2 Å². The van der Waals surface area contributed by atoms with Gasteiger partial charge in [0.25, 0.3) is 0 Å². The van der Waals surface area contributed by atoms with Gasteiger partial charge in [-0.25, -0.2) is 0 Å². The predicted molar refractivity (Wildman–Crippen MR) is 38.2 cm³/mol. The molecule has 3 nitrogen and oxygen atoms in total. The summed E-state index contributed by atoms with van der Waals surface area (Å²) in [6.45, 7) is 0. The summed E-state index contributed by atoms with van der Waals surface area (Å²) in [4.78, 5) is 10.4. The number of esters is 1. The number of methoxy groups -OCH3 is 1. The molecule has 0 rings (SSSR count). The number of ether oxygens (including phenoxy) is 1. The number of hydrogen-bond acceptors (Lipinski definition) is 4. The van der Waals surface area contributed by atoms with Gasteiger partial charge in [-0.3, -0.25) is 4.79 Å². The van der Waals surface area contributed by atoms with Gasteiger partial charge in [-0.15, -0.1) is 0 Å². The third kappa shape index (κ3) is 5.65. The molecule has 0 fully saturated rings. The molecule has 4 heteroatoms. The van der Waals surface area contributed by atoms with Crippen LogP contribution in [0.2, 0.25) is 0 Å². The fourth-order valence-corrected chi connectivity index (χ4v) is 0.497. The molecule has 0 heterocycles. The fourth-order valence-electron chi connectivity index (χ4n) is 0.368. The Balaban J connectivity index is 3.17. The highest BCUT2D eigenvalue weighted by atomic mass is 32.1. The van der Waals surface area contributed by atoms with Crippen molar-refractivity contribution in [1.82, 2.24) is 0 Å². The van der Waals surface area contributed by atoms with E-state index >= 15 is 0 Å². The van der Waals surface area contributed by atoms with Gasteiger partial charge in [0.2, 0.25) is 0 Å². The van der Waals surface area contributed by atoms with Crippen molar-refractivity contribution in [1.29, 1.82) is 0 Å². The zero-order chi connectivity index (χ0) is 7.28. The average molecular weight is 149 g/mol. The van der Waals surface area contributed by atoms with E-state index in [0.717, 1.165) is 0 Å². The summed E-state index contributed by atoms with van der Waals surface area (Å²) >= 11 is 3.88. The molecular weight excluding hydrogens is 138 g/mol. The topological polar surface area (TPSA) is 52.3 Å². The van der Waals surface area contributed by atoms with E-state index in [4.69, 9.17) is 5.73 Å². The lowest BCUT2D eigenvalue weighted by Gasteiger charge is -2.00. The number of nitrogens with two attached hydrogens (primary N) is 1. The van der Waals surface area contributed by atoms with Crippen LogP contribution in [0, 0.1) is 0 Å². The predicted octanol–water partition coefficient (Wildman–Crippen LogP) is 0.154. The molecule has 0 spiro atoms. The Hall–Kier alpha value is -0.220. The van der Waals surface area contributed by atoms with Gasteiger partial charge in [-0.05, 0) is 6.42 Å². The molecule has 0 bridgehead atoms. The van der Waals surface area contributed by atoms with Crippen molar-refractivity contribution in [2.75, 3.05) is 7.11 Å². The molecule has 0 aromatic rings. The molecule has 0 aromatic heterocycles. The molecule has 0 aliphatic carbocycles. The van der Waals surface area contributed by atoms with Gasteiger partial charge >= 0.3 is 5.97 Å². The summed E-state index contributed by atoms with van der Waals surface area (Å²) in [7, 11) is 1.35. The highest BCUT2D eigenvalue weighted by Gasteiger charge is 2.01. The Morgan fingerprint density at radius 3 is 2.78 bits per heavy atom. The molecule has 0 aromatic carbocycles. The molecule has 0 radical (unpaired) electrons. The maximum atomic E-state index is 10.4. The molecule has 9 heavy (non-hydrogen) atoms. The minimum atomic E-state index is -0.237. The Labute approximate surface area is 60.0 Å². The van der Waals surface area contributed by atoms with Crippen molar-refractivity contribution in [2.24, 2.45) is 5.73 Å².